The van der Waals surface area contributed by atoms with Crippen LogP contribution in [-0.2, 0) is 26.1 Å². The molecule has 0 N–H and O–H groups in total. The van der Waals surface area contributed by atoms with E-state index in [-0.39, 0.29) is 11.3 Å². The van der Waals surface area contributed by atoms with Gasteiger partial charge in [0, 0.05) is 44.2 Å². The van der Waals surface area contributed by atoms with Gasteiger partial charge in [-0.05, 0) is 0 Å². The molecule has 1 amide bonds. The molecule has 0 bridgehead atoms. The largest absolute Gasteiger partial charge is 0.347 e. The molecule has 0 aliphatic carbocycles. The van der Waals surface area contributed by atoms with Crippen molar-refractivity contribution in [3.63, 3.8) is 0 Å². The Morgan fingerprint density at radius 1 is 1.22 bits per heavy atom. The van der Waals surface area contributed by atoms with E-state index in [1.54, 1.807) is 0 Å². The summed E-state index contributed by atoms with van der Waals surface area (Å²) in [7, 11) is 0. The molecule has 0 unspecified atom stereocenters. The fraction of sp³-hybridized carbons (Fsp3) is 0.812. The summed E-state index contributed by atoms with van der Waals surface area (Å²) in [6, 6.07) is 0. The lowest BCUT2D eigenvalue weighted by Crippen LogP contribution is -2.47. The molecule has 0 atom stereocenters. The Bertz CT molecular complexity index is 548. The average Bonchev–Trinajstić information content (AvgIpc) is 3.15. The van der Waals surface area contributed by atoms with E-state index in [1.165, 1.54) is 0 Å². The second-order valence-corrected chi connectivity index (χ2v) is 7.25. The van der Waals surface area contributed by atoms with Crippen LogP contribution in [0.15, 0.2) is 4.52 Å². The summed E-state index contributed by atoms with van der Waals surface area (Å²) in [6.07, 6.45) is 2.36. The molecule has 0 aromatic carbocycles. The number of ether oxygens (including phenoxy) is 2. The predicted molar refractivity (Wildman–Crippen MR) is 81.8 cm³/mol. The molecule has 7 heteroatoms. The fourth-order valence-corrected chi connectivity index (χ4v) is 2.92. The number of hydrogen-bond acceptors (Lipinski definition) is 6. The highest BCUT2D eigenvalue weighted by Gasteiger charge is 2.40. The highest BCUT2D eigenvalue weighted by Crippen LogP contribution is 2.31. The summed E-state index contributed by atoms with van der Waals surface area (Å²) in [5.74, 6) is 0.883. The minimum Gasteiger partial charge on any atom is -0.347 e. The molecule has 7 nitrogen and oxygen atoms in total. The van der Waals surface area contributed by atoms with Crippen molar-refractivity contribution in [2.75, 3.05) is 26.3 Å². The van der Waals surface area contributed by atoms with Gasteiger partial charge in [0.15, 0.2) is 11.6 Å². The van der Waals surface area contributed by atoms with Gasteiger partial charge in [0.05, 0.1) is 13.2 Å². The summed E-state index contributed by atoms with van der Waals surface area (Å²) in [5, 5.41) is 3.98. The molecule has 1 aromatic rings. The zero-order valence-electron chi connectivity index (χ0n) is 14.1. The predicted octanol–water partition coefficient (Wildman–Crippen LogP) is 1.67. The van der Waals surface area contributed by atoms with Crippen molar-refractivity contribution in [3.8, 4) is 0 Å². The molecule has 23 heavy (non-hydrogen) atoms. The Balaban J connectivity index is 1.47. The van der Waals surface area contributed by atoms with Gasteiger partial charge in [0.1, 0.15) is 0 Å². The van der Waals surface area contributed by atoms with E-state index in [0.29, 0.717) is 50.9 Å². The number of carbonyl (C=O) groups is 1. The van der Waals surface area contributed by atoms with Crippen molar-refractivity contribution >= 4 is 5.91 Å². The van der Waals surface area contributed by atoms with Gasteiger partial charge in [0.25, 0.3) is 0 Å². The van der Waals surface area contributed by atoms with Crippen molar-refractivity contribution in [1.82, 2.24) is 15.0 Å². The summed E-state index contributed by atoms with van der Waals surface area (Å²) < 4.78 is 16.6. The number of rotatable bonds is 3. The molecule has 2 saturated heterocycles. The summed E-state index contributed by atoms with van der Waals surface area (Å²) in [5.41, 5.74) is -0.145. The number of carbonyl (C=O) groups excluding carboxylic acids is 1. The molecule has 2 fully saturated rings. The van der Waals surface area contributed by atoms with Gasteiger partial charge in [-0.15, -0.1) is 0 Å². The Kier molecular flexibility index (Phi) is 4.42. The number of nitrogens with zero attached hydrogens (tertiary/aromatic N) is 3. The molecule has 2 aliphatic heterocycles. The van der Waals surface area contributed by atoms with E-state index >= 15 is 0 Å². The van der Waals surface area contributed by atoms with Crippen molar-refractivity contribution in [1.29, 1.82) is 0 Å². The van der Waals surface area contributed by atoms with Gasteiger partial charge in [-0.2, -0.15) is 4.98 Å². The molecular weight excluding hydrogens is 298 g/mol. The standard InChI is InChI=1S/C16H25N3O4/c1-15(2,3)14-17-12(23-18-14)4-5-13(20)19-8-6-16(7-9-19)21-10-11-22-16/h4-11H2,1-3H3. The van der Waals surface area contributed by atoms with Gasteiger partial charge in [-0.3, -0.25) is 4.79 Å². The van der Waals surface area contributed by atoms with Crippen LogP contribution in [-0.4, -0.2) is 53.0 Å². The number of piperidine rings is 1. The number of aryl methyl sites for hydroxylation is 1. The number of amides is 1. The molecule has 3 rings (SSSR count). The van der Waals surface area contributed by atoms with Crippen LogP contribution < -0.4 is 0 Å². The monoisotopic (exact) mass is 323 g/mol. The summed E-state index contributed by atoms with van der Waals surface area (Å²) in [6.45, 7) is 8.75. The Labute approximate surface area is 136 Å². The molecule has 0 saturated carbocycles. The minimum atomic E-state index is -0.440. The molecule has 1 spiro atoms. The van der Waals surface area contributed by atoms with Crippen LogP contribution >= 0.6 is 0 Å². The first-order chi connectivity index (χ1) is 10.9. The van der Waals surface area contributed by atoms with Crippen molar-refractivity contribution in [2.45, 2.75) is 57.7 Å². The third-order valence-corrected chi connectivity index (χ3v) is 4.38. The third-order valence-electron chi connectivity index (χ3n) is 4.38. The van der Waals surface area contributed by atoms with Gasteiger partial charge in [-0.25, -0.2) is 0 Å². The first-order valence-electron chi connectivity index (χ1n) is 8.27. The second kappa shape index (κ2) is 6.20. The lowest BCUT2D eigenvalue weighted by Gasteiger charge is -2.37. The van der Waals surface area contributed by atoms with Crippen molar-refractivity contribution in [3.05, 3.63) is 11.7 Å². The smallest absolute Gasteiger partial charge is 0.227 e. The Morgan fingerprint density at radius 3 is 2.43 bits per heavy atom. The van der Waals surface area contributed by atoms with E-state index in [9.17, 15) is 4.79 Å². The number of likely N-dealkylation sites (tertiary alicyclic amines) is 1. The zero-order chi connectivity index (χ0) is 16.5. The second-order valence-electron chi connectivity index (χ2n) is 7.25. The maximum Gasteiger partial charge on any atom is 0.227 e. The third kappa shape index (κ3) is 3.72. The lowest BCUT2D eigenvalue weighted by atomic mass is 9.96. The lowest BCUT2D eigenvalue weighted by molar-refractivity contribution is -0.187. The quantitative estimate of drug-likeness (QED) is 0.842. The van der Waals surface area contributed by atoms with Crippen LogP contribution in [0.1, 0.15) is 51.7 Å². The minimum absolute atomic E-state index is 0.119. The van der Waals surface area contributed by atoms with Gasteiger partial charge in [0.2, 0.25) is 11.8 Å². The van der Waals surface area contributed by atoms with Crippen LogP contribution in [0.25, 0.3) is 0 Å². The highest BCUT2D eigenvalue weighted by molar-refractivity contribution is 5.76. The van der Waals surface area contributed by atoms with E-state index in [2.05, 4.69) is 10.1 Å². The van der Waals surface area contributed by atoms with E-state index in [0.717, 1.165) is 12.8 Å². The molecule has 3 heterocycles. The first-order valence-corrected chi connectivity index (χ1v) is 8.27. The molecule has 128 valence electrons. The molecule has 1 aromatic heterocycles. The molecule has 0 radical (unpaired) electrons. The summed E-state index contributed by atoms with van der Waals surface area (Å²) >= 11 is 0. The van der Waals surface area contributed by atoms with Crippen molar-refractivity contribution < 1.29 is 18.8 Å². The van der Waals surface area contributed by atoms with Gasteiger partial charge < -0.3 is 18.9 Å². The van der Waals surface area contributed by atoms with Crippen LogP contribution in [0.3, 0.4) is 0 Å². The zero-order valence-corrected chi connectivity index (χ0v) is 14.1. The van der Waals surface area contributed by atoms with Crippen LogP contribution in [0.4, 0.5) is 0 Å². The SMILES string of the molecule is CC(C)(C)c1noc(CCC(=O)N2CCC3(CC2)OCCO3)n1. The van der Waals surface area contributed by atoms with Crippen LogP contribution in [0, 0.1) is 0 Å². The fourth-order valence-electron chi connectivity index (χ4n) is 2.92. The maximum atomic E-state index is 12.3. The normalized spacial score (nSPS) is 21.1. The van der Waals surface area contributed by atoms with Crippen LogP contribution in [0.2, 0.25) is 0 Å². The first kappa shape index (κ1) is 16.4. The molecular formula is C16H25N3O4. The van der Waals surface area contributed by atoms with Gasteiger partial charge in [-0.1, -0.05) is 25.9 Å². The average molecular weight is 323 g/mol. The Morgan fingerprint density at radius 2 is 1.87 bits per heavy atom. The van der Waals surface area contributed by atoms with E-state index in [4.69, 9.17) is 14.0 Å². The maximum absolute atomic E-state index is 12.3. The van der Waals surface area contributed by atoms with Crippen molar-refractivity contribution in [2.24, 2.45) is 0 Å². The van der Waals surface area contributed by atoms with E-state index < -0.39 is 5.79 Å². The number of aromatic nitrogens is 2. The highest BCUT2D eigenvalue weighted by atomic mass is 16.7. The topological polar surface area (TPSA) is 77.7 Å². The van der Waals surface area contributed by atoms with Gasteiger partial charge >= 0.3 is 0 Å². The summed E-state index contributed by atoms with van der Waals surface area (Å²) in [4.78, 5) is 18.6. The van der Waals surface area contributed by atoms with E-state index in [1.807, 2.05) is 25.7 Å². The molecule has 2 aliphatic rings. The Hall–Kier alpha value is -1.47. The van der Waals surface area contributed by atoms with Crippen LogP contribution in [0.5, 0.6) is 0 Å². The number of hydrogen-bond donors (Lipinski definition) is 0.